The summed E-state index contributed by atoms with van der Waals surface area (Å²) in [4.78, 5) is 1.53. The van der Waals surface area contributed by atoms with Crippen molar-refractivity contribution in [1.82, 2.24) is 0 Å². The standard InChI is InChI=1S/C18H19NOS/c1-3-6-15(13-19)17-7-4-5-8-18(17)21(20)16-11-9-14(2)10-12-16/h4-5,7-12,15H,3,6H2,1-2H3. The van der Waals surface area contributed by atoms with Crippen molar-refractivity contribution in [2.45, 2.75) is 42.4 Å². The van der Waals surface area contributed by atoms with Crippen molar-refractivity contribution in [1.29, 1.82) is 5.26 Å². The van der Waals surface area contributed by atoms with Crippen LogP contribution in [0.3, 0.4) is 0 Å². The highest BCUT2D eigenvalue weighted by Crippen LogP contribution is 2.28. The van der Waals surface area contributed by atoms with Gasteiger partial charge in [-0.25, -0.2) is 4.21 Å². The van der Waals surface area contributed by atoms with Crippen LogP contribution in [0.25, 0.3) is 0 Å². The van der Waals surface area contributed by atoms with Crippen LogP contribution in [0.2, 0.25) is 0 Å². The lowest BCUT2D eigenvalue weighted by atomic mass is 9.96. The lowest BCUT2D eigenvalue weighted by molar-refractivity contribution is 0.677. The van der Waals surface area contributed by atoms with E-state index in [1.54, 1.807) is 0 Å². The van der Waals surface area contributed by atoms with Crippen LogP contribution < -0.4 is 0 Å². The van der Waals surface area contributed by atoms with Crippen molar-refractivity contribution in [3.05, 3.63) is 59.7 Å². The fourth-order valence-electron chi connectivity index (χ4n) is 2.30. The third-order valence-electron chi connectivity index (χ3n) is 3.46. The minimum atomic E-state index is -1.24. The normalized spacial score (nSPS) is 13.4. The van der Waals surface area contributed by atoms with E-state index >= 15 is 0 Å². The maximum Gasteiger partial charge on any atom is 0.0852 e. The lowest BCUT2D eigenvalue weighted by Crippen LogP contribution is -2.03. The highest BCUT2D eigenvalue weighted by molar-refractivity contribution is 7.85. The van der Waals surface area contributed by atoms with E-state index in [1.807, 2.05) is 55.5 Å². The Bertz CT molecular complexity index is 670. The second kappa shape index (κ2) is 7.19. The predicted octanol–water partition coefficient (Wildman–Crippen LogP) is 4.57. The molecule has 2 aromatic carbocycles. The molecule has 0 radical (unpaired) electrons. The van der Waals surface area contributed by atoms with Gasteiger partial charge in [0.1, 0.15) is 0 Å². The monoisotopic (exact) mass is 297 g/mol. The van der Waals surface area contributed by atoms with Gasteiger partial charge in [-0.15, -0.1) is 0 Å². The Morgan fingerprint density at radius 1 is 1.14 bits per heavy atom. The molecule has 0 aromatic heterocycles. The molecule has 0 amide bonds. The number of hydrogen-bond donors (Lipinski definition) is 0. The molecule has 0 heterocycles. The topological polar surface area (TPSA) is 40.9 Å². The van der Waals surface area contributed by atoms with Gasteiger partial charge in [-0.1, -0.05) is 49.2 Å². The molecule has 21 heavy (non-hydrogen) atoms. The number of aryl methyl sites for hydroxylation is 1. The van der Waals surface area contributed by atoms with Crippen molar-refractivity contribution < 1.29 is 4.21 Å². The molecule has 2 nitrogen and oxygen atoms in total. The summed E-state index contributed by atoms with van der Waals surface area (Å²) in [5.74, 6) is -0.194. The number of hydrogen-bond acceptors (Lipinski definition) is 2. The molecule has 2 rings (SSSR count). The maximum absolute atomic E-state index is 12.8. The van der Waals surface area contributed by atoms with Crippen molar-refractivity contribution >= 4 is 10.8 Å². The summed E-state index contributed by atoms with van der Waals surface area (Å²) < 4.78 is 12.8. The Morgan fingerprint density at radius 3 is 2.43 bits per heavy atom. The number of nitrogens with zero attached hydrogens (tertiary/aromatic N) is 1. The fourth-order valence-corrected chi connectivity index (χ4v) is 3.57. The van der Waals surface area contributed by atoms with Crippen LogP contribution in [0.15, 0.2) is 58.3 Å². The van der Waals surface area contributed by atoms with Crippen LogP contribution >= 0.6 is 0 Å². The first-order valence-electron chi connectivity index (χ1n) is 7.14. The van der Waals surface area contributed by atoms with Crippen LogP contribution in [0, 0.1) is 18.3 Å². The van der Waals surface area contributed by atoms with Crippen LogP contribution in [0.1, 0.15) is 36.8 Å². The third kappa shape index (κ3) is 3.59. The highest BCUT2D eigenvalue weighted by atomic mass is 32.2. The number of rotatable bonds is 5. The van der Waals surface area contributed by atoms with Gasteiger partial charge >= 0.3 is 0 Å². The van der Waals surface area contributed by atoms with E-state index in [9.17, 15) is 9.47 Å². The molecule has 2 unspecified atom stereocenters. The Balaban J connectivity index is 2.42. The molecule has 2 atom stereocenters. The molecule has 0 bridgehead atoms. The molecule has 0 spiro atoms. The van der Waals surface area contributed by atoms with Crippen LogP contribution in [0.4, 0.5) is 0 Å². The summed E-state index contributed by atoms with van der Waals surface area (Å²) in [6, 6.07) is 17.6. The van der Waals surface area contributed by atoms with E-state index in [1.165, 1.54) is 0 Å². The van der Waals surface area contributed by atoms with Crippen molar-refractivity contribution in [3.63, 3.8) is 0 Å². The summed E-state index contributed by atoms with van der Waals surface area (Å²) in [6.45, 7) is 4.07. The molecule has 0 saturated heterocycles. The maximum atomic E-state index is 12.8. The van der Waals surface area contributed by atoms with Gasteiger partial charge < -0.3 is 0 Å². The molecule has 0 saturated carbocycles. The van der Waals surface area contributed by atoms with E-state index in [-0.39, 0.29) is 5.92 Å². The summed E-state index contributed by atoms with van der Waals surface area (Å²) in [7, 11) is -1.24. The summed E-state index contributed by atoms with van der Waals surface area (Å²) in [5, 5.41) is 9.37. The average Bonchev–Trinajstić information content (AvgIpc) is 2.53. The molecule has 3 heteroatoms. The minimum absolute atomic E-state index is 0.194. The van der Waals surface area contributed by atoms with E-state index < -0.39 is 10.8 Å². The summed E-state index contributed by atoms with van der Waals surface area (Å²) in [6.07, 6.45) is 1.72. The van der Waals surface area contributed by atoms with Crippen molar-refractivity contribution in [3.8, 4) is 6.07 Å². The molecule has 2 aromatic rings. The van der Waals surface area contributed by atoms with E-state index in [0.717, 1.165) is 33.8 Å². The SMILES string of the molecule is CCCC(C#N)c1ccccc1S(=O)c1ccc(C)cc1. The first kappa shape index (κ1) is 15.5. The molecule has 0 aliphatic carbocycles. The van der Waals surface area contributed by atoms with E-state index in [2.05, 4.69) is 13.0 Å². The first-order chi connectivity index (χ1) is 10.2. The highest BCUT2D eigenvalue weighted by Gasteiger charge is 2.18. The number of benzene rings is 2. The Hall–Kier alpha value is -1.92. The zero-order valence-corrected chi connectivity index (χ0v) is 13.2. The van der Waals surface area contributed by atoms with Gasteiger partial charge in [0, 0.05) is 9.79 Å². The molecule has 0 aliphatic heterocycles. The number of nitriles is 1. The third-order valence-corrected chi connectivity index (χ3v) is 4.93. The molecule has 0 aliphatic rings. The fraction of sp³-hybridized carbons (Fsp3) is 0.278. The lowest BCUT2D eigenvalue weighted by Gasteiger charge is -2.13. The van der Waals surface area contributed by atoms with Gasteiger partial charge in [-0.05, 0) is 37.1 Å². The first-order valence-corrected chi connectivity index (χ1v) is 8.29. The zero-order chi connectivity index (χ0) is 15.2. The molecular formula is C18H19NOS. The van der Waals surface area contributed by atoms with E-state index in [4.69, 9.17) is 0 Å². The zero-order valence-electron chi connectivity index (χ0n) is 12.4. The van der Waals surface area contributed by atoms with Crippen LogP contribution in [0.5, 0.6) is 0 Å². The average molecular weight is 297 g/mol. The summed E-state index contributed by atoms with van der Waals surface area (Å²) in [5.41, 5.74) is 2.03. The second-order valence-electron chi connectivity index (χ2n) is 5.09. The second-order valence-corrected chi connectivity index (χ2v) is 6.54. The predicted molar refractivity (Wildman–Crippen MR) is 85.6 cm³/mol. The van der Waals surface area contributed by atoms with Crippen molar-refractivity contribution in [2.24, 2.45) is 0 Å². The van der Waals surface area contributed by atoms with E-state index in [0.29, 0.717) is 0 Å². The van der Waals surface area contributed by atoms with Gasteiger partial charge in [0.05, 0.1) is 22.8 Å². The van der Waals surface area contributed by atoms with Crippen molar-refractivity contribution in [2.75, 3.05) is 0 Å². The Kier molecular flexibility index (Phi) is 5.30. The smallest absolute Gasteiger partial charge is 0.0852 e. The molecule has 108 valence electrons. The van der Waals surface area contributed by atoms with Gasteiger partial charge in [0.25, 0.3) is 0 Å². The summed E-state index contributed by atoms with van der Waals surface area (Å²) >= 11 is 0. The Labute approximate surface area is 128 Å². The van der Waals surface area contributed by atoms with Gasteiger partial charge in [-0.3, -0.25) is 0 Å². The van der Waals surface area contributed by atoms with Crippen LogP contribution in [-0.2, 0) is 10.8 Å². The van der Waals surface area contributed by atoms with Crippen LogP contribution in [-0.4, -0.2) is 4.21 Å². The molecular weight excluding hydrogens is 278 g/mol. The molecule has 0 fully saturated rings. The largest absolute Gasteiger partial charge is 0.249 e. The molecule has 0 N–H and O–H groups in total. The minimum Gasteiger partial charge on any atom is -0.249 e. The Morgan fingerprint density at radius 2 is 1.81 bits per heavy atom. The van der Waals surface area contributed by atoms with Gasteiger partial charge in [-0.2, -0.15) is 5.26 Å². The quantitative estimate of drug-likeness (QED) is 0.811. The van der Waals surface area contributed by atoms with Gasteiger partial charge in [0.15, 0.2) is 0 Å². The van der Waals surface area contributed by atoms with Gasteiger partial charge in [0.2, 0.25) is 0 Å².